The molecule has 16 N–H and O–H groups in total. The van der Waals surface area contributed by atoms with E-state index in [0.29, 0.717) is 38.5 Å². The van der Waals surface area contributed by atoms with Gasteiger partial charge in [0.2, 0.25) is 0 Å². The van der Waals surface area contributed by atoms with Crippen molar-refractivity contribution in [3.8, 4) is 0 Å². The lowest BCUT2D eigenvalue weighted by molar-refractivity contribution is -0.414. The molecule has 440 valence electrons. The average molecular weight is 1100 g/mol. The third-order valence-electron chi connectivity index (χ3n) is 14.4. The van der Waals surface area contributed by atoms with Gasteiger partial charge in [0.1, 0.15) is 116 Å². The van der Waals surface area contributed by atoms with Gasteiger partial charge in [0.15, 0.2) is 31.5 Å². The Bertz CT molecular complexity index is 1620. The SMILES string of the molecule is CCCC[C@@H](CCCCCCCC[C@H](O)CC(=O)OC)O[C@@H]1O[C@H](CO)[C@@H](O)[C@H](O)[C@H]1O[C@@H]1O[C@H](CO)[C@@H](O)[C@H](O[C@@H]2O[C@H](CO)[C@@H](O)[C@H](O)[C@H]2O)[C@H]1O[C@@H]1O[C@@H](C)[C@H](O)[C@@H](O[C@@H]2O[C@H](CO)[C@@H](O)[C@H](O)[C@H]2O)[C@H]1O. The number of ether oxygens (including phenoxy) is 11. The number of methoxy groups -OCH3 is 1. The fourth-order valence-corrected chi connectivity index (χ4v) is 9.75. The normalized spacial score (nSPS) is 43.5. The molecule has 0 aromatic carbocycles. The maximum absolute atomic E-state index is 11.8. The fraction of sp³-hybridized carbons (Fsp3) is 0.979. The van der Waals surface area contributed by atoms with Crippen LogP contribution in [0.1, 0.15) is 90.9 Å². The maximum Gasteiger partial charge on any atom is 0.308 e. The molecule has 0 saturated carbocycles. The third kappa shape index (κ3) is 16.5. The topological polar surface area (TPSA) is 442 Å². The van der Waals surface area contributed by atoms with Gasteiger partial charge in [-0.2, -0.15) is 0 Å². The highest BCUT2D eigenvalue weighted by Gasteiger charge is 2.58. The number of aliphatic hydroxyl groups excluding tert-OH is 16. The second-order valence-electron chi connectivity index (χ2n) is 19.9. The first-order valence-corrected chi connectivity index (χ1v) is 26.0. The lowest BCUT2D eigenvalue weighted by atomic mass is 9.95. The van der Waals surface area contributed by atoms with Gasteiger partial charge in [0.05, 0.1) is 58.3 Å². The summed E-state index contributed by atoms with van der Waals surface area (Å²) < 4.78 is 64.6. The minimum absolute atomic E-state index is 0.0729. The van der Waals surface area contributed by atoms with E-state index in [-0.39, 0.29) is 6.42 Å². The Labute approximate surface area is 434 Å². The molecule has 5 aliphatic heterocycles. The van der Waals surface area contributed by atoms with Crippen LogP contribution in [0.3, 0.4) is 0 Å². The maximum atomic E-state index is 11.8. The molecule has 28 nitrogen and oxygen atoms in total. The molecule has 28 heteroatoms. The fourth-order valence-electron chi connectivity index (χ4n) is 9.75. The summed E-state index contributed by atoms with van der Waals surface area (Å²) in [5, 5.41) is 172. The van der Waals surface area contributed by atoms with Crippen LogP contribution >= 0.6 is 0 Å². The van der Waals surface area contributed by atoms with E-state index < -0.39 is 198 Å². The predicted octanol–water partition coefficient (Wildman–Crippen LogP) is -6.27. The van der Waals surface area contributed by atoms with Gasteiger partial charge in [-0.3, -0.25) is 4.79 Å². The van der Waals surface area contributed by atoms with Gasteiger partial charge in [-0.15, -0.1) is 0 Å². The molecule has 5 aliphatic rings. The van der Waals surface area contributed by atoms with Crippen molar-refractivity contribution in [2.24, 2.45) is 0 Å². The first-order valence-electron chi connectivity index (χ1n) is 26.0. The summed E-state index contributed by atoms with van der Waals surface area (Å²) in [7, 11) is 1.26. The van der Waals surface area contributed by atoms with Crippen molar-refractivity contribution in [3.05, 3.63) is 0 Å². The Balaban J connectivity index is 1.42. The first kappa shape index (κ1) is 64.3. The smallest absolute Gasteiger partial charge is 0.308 e. The molecular formula is C47H84O28. The Morgan fingerprint density at radius 2 is 0.867 bits per heavy atom. The molecule has 0 aromatic heterocycles. The van der Waals surface area contributed by atoms with Gasteiger partial charge in [-0.05, 0) is 26.2 Å². The monoisotopic (exact) mass is 1100 g/mol. The number of carbonyl (C=O) groups is 1. The molecule has 0 bridgehead atoms. The van der Waals surface area contributed by atoms with Crippen LogP contribution in [0.2, 0.25) is 0 Å². The lowest BCUT2D eigenvalue weighted by Crippen LogP contribution is -2.69. The Hall–Kier alpha value is -1.57. The van der Waals surface area contributed by atoms with E-state index in [4.69, 9.17) is 47.4 Å². The molecule has 27 atom stereocenters. The summed E-state index contributed by atoms with van der Waals surface area (Å²) in [4.78, 5) is 11.4. The molecule has 0 spiro atoms. The summed E-state index contributed by atoms with van der Waals surface area (Å²) in [6.45, 7) is -0.209. The van der Waals surface area contributed by atoms with Gasteiger partial charge < -0.3 is 134 Å². The molecule has 5 saturated heterocycles. The van der Waals surface area contributed by atoms with Gasteiger partial charge in [0.25, 0.3) is 0 Å². The molecule has 0 amide bonds. The summed E-state index contributed by atoms with van der Waals surface area (Å²) in [5.41, 5.74) is 0. The Morgan fingerprint density at radius 3 is 1.40 bits per heavy atom. The zero-order chi connectivity index (χ0) is 55.3. The van der Waals surface area contributed by atoms with Crippen molar-refractivity contribution in [1.82, 2.24) is 0 Å². The van der Waals surface area contributed by atoms with Crippen LogP contribution in [0.15, 0.2) is 0 Å². The van der Waals surface area contributed by atoms with Crippen LogP contribution in [0.5, 0.6) is 0 Å². The molecule has 0 aliphatic carbocycles. The Kier molecular flexibility index (Phi) is 26.4. The quantitative estimate of drug-likeness (QED) is 0.0256. The number of esters is 1. The lowest BCUT2D eigenvalue weighted by Gasteiger charge is -2.51. The summed E-state index contributed by atoms with van der Waals surface area (Å²) in [6.07, 6.45) is -39.5. The van der Waals surface area contributed by atoms with Crippen LogP contribution in [-0.2, 0) is 56.9 Å². The summed E-state index contributed by atoms with van der Waals surface area (Å²) in [5.74, 6) is -0.482. The van der Waals surface area contributed by atoms with Crippen molar-refractivity contribution in [2.75, 3.05) is 33.5 Å². The number of hydrogen-bond donors (Lipinski definition) is 16. The minimum Gasteiger partial charge on any atom is -0.469 e. The van der Waals surface area contributed by atoms with E-state index in [1.165, 1.54) is 14.0 Å². The summed E-state index contributed by atoms with van der Waals surface area (Å²) >= 11 is 0. The van der Waals surface area contributed by atoms with Gasteiger partial charge in [0, 0.05) is 0 Å². The first-order chi connectivity index (χ1) is 35.7. The molecular weight excluding hydrogens is 1010 g/mol. The van der Waals surface area contributed by atoms with Crippen molar-refractivity contribution >= 4 is 5.97 Å². The predicted molar refractivity (Wildman–Crippen MR) is 247 cm³/mol. The van der Waals surface area contributed by atoms with E-state index in [9.17, 15) is 86.5 Å². The molecule has 0 aromatic rings. The number of unbranched alkanes of at least 4 members (excludes halogenated alkanes) is 6. The van der Waals surface area contributed by atoms with Gasteiger partial charge >= 0.3 is 5.97 Å². The zero-order valence-corrected chi connectivity index (χ0v) is 42.5. The number of aliphatic hydroxyl groups is 16. The third-order valence-corrected chi connectivity index (χ3v) is 14.4. The van der Waals surface area contributed by atoms with Crippen LogP contribution in [0.25, 0.3) is 0 Å². The number of hydrogen-bond acceptors (Lipinski definition) is 28. The zero-order valence-electron chi connectivity index (χ0n) is 42.5. The van der Waals surface area contributed by atoms with Gasteiger partial charge in [-0.1, -0.05) is 58.3 Å². The Morgan fingerprint density at radius 1 is 0.440 bits per heavy atom. The van der Waals surface area contributed by atoms with Crippen molar-refractivity contribution < 1.29 is 139 Å². The van der Waals surface area contributed by atoms with Crippen LogP contribution in [0.4, 0.5) is 0 Å². The second kappa shape index (κ2) is 30.9. The van der Waals surface area contributed by atoms with E-state index in [1.54, 1.807) is 0 Å². The van der Waals surface area contributed by atoms with E-state index in [1.807, 2.05) is 6.92 Å². The highest BCUT2D eigenvalue weighted by Crippen LogP contribution is 2.38. The van der Waals surface area contributed by atoms with Crippen LogP contribution < -0.4 is 0 Å². The van der Waals surface area contributed by atoms with Crippen molar-refractivity contribution in [3.63, 3.8) is 0 Å². The summed E-state index contributed by atoms with van der Waals surface area (Å²) in [6, 6.07) is 0. The highest BCUT2D eigenvalue weighted by molar-refractivity contribution is 5.69. The van der Waals surface area contributed by atoms with Crippen LogP contribution in [0, 0.1) is 0 Å². The average Bonchev–Trinajstić information content (AvgIpc) is 3.39. The van der Waals surface area contributed by atoms with Crippen LogP contribution in [-0.4, -0.2) is 287 Å². The molecule has 75 heavy (non-hydrogen) atoms. The molecule has 5 heterocycles. The molecule has 0 unspecified atom stereocenters. The number of rotatable bonds is 28. The molecule has 0 radical (unpaired) electrons. The van der Waals surface area contributed by atoms with Crippen molar-refractivity contribution in [2.45, 2.75) is 257 Å². The highest BCUT2D eigenvalue weighted by atomic mass is 16.8. The largest absolute Gasteiger partial charge is 0.469 e. The van der Waals surface area contributed by atoms with E-state index in [2.05, 4.69) is 4.74 Å². The molecule has 5 rings (SSSR count). The van der Waals surface area contributed by atoms with Gasteiger partial charge in [-0.25, -0.2) is 0 Å². The minimum atomic E-state index is -2.12. The number of carbonyl (C=O) groups excluding carboxylic acids is 1. The molecule has 5 fully saturated rings. The van der Waals surface area contributed by atoms with E-state index >= 15 is 0 Å². The standard InChI is InChI=1S/C47H84O28/c1-4-5-13-22(14-11-9-7-6-8-10-12-21(52)15-27(53)65-3)67-46-41(35(61)31(57)25(18-50)70-46)74-47-42(40(32(58)26(19-51)71-47)73-44-37(63)34(60)30(56)24(17-49)69-44)75-45-38(64)39(28(54)20(2)66-45)72-43-36(62)33(59)29(55)23(16-48)68-43/h20-26,28-52,54-64H,4-19H2,1-3H3/t20-,21-,22-,23+,24+,25+,26+,28-,29+,30+,31+,32+,33-,34-,35-,36+,37+,38+,39+,40-,41+,42+,43-,44-,45-,46+,47-/m0/s1. The van der Waals surface area contributed by atoms with E-state index in [0.717, 1.165) is 32.1 Å². The van der Waals surface area contributed by atoms with Crippen molar-refractivity contribution in [1.29, 1.82) is 0 Å². The second-order valence-corrected chi connectivity index (χ2v) is 19.9.